The highest BCUT2D eigenvalue weighted by Crippen LogP contribution is 2.35. The summed E-state index contributed by atoms with van der Waals surface area (Å²) in [5, 5.41) is 4.24. The molecule has 78 heavy (non-hydrogen) atoms. The number of likely N-dealkylation sites (tertiary alicyclic amines) is 1. The number of amides is 5. The third-order valence-electron chi connectivity index (χ3n) is 15.9. The quantitative estimate of drug-likeness (QED) is 0.0242. The van der Waals surface area contributed by atoms with Gasteiger partial charge < -0.3 is 24.0 Å². The molecule has 0 saturated carbocycles. The lowest BCUT2D eigenvalue weighted by molar-refractivity contribution is -0.149. The van der Waals surface area contributed by atoms with Gasteiger partial charge in [-0.1, -0.05) is 111 Å². The number of likely N-dealkylation sites (N-methyl/N-ethyl adjacent to an activating group) is 2. The van der Waals surface area contributed by atoms with Crippen molar-refractivity contribution in [2.75, 3.05) is 48.5 Å². The Bertz CT molecular complexity index is 2380. The van der Waals surface area contributed by atoms with Crippen molar-refractivity contribution in [3.8, 4) is 0 Å². The van der Waals surface area contributed by atoms with E-state index in [1.54, 1.807) is 57.4 Å². The third kappa shape index (κ3) is 17.5. The molecule has 2 aromatic rings. The number of ether oxygens (including phenoxy) is 3. The van der Waals surface area contributed by atoms with E-state index in [9.17, 15) is 38.4 Å². The van der Waals surface area contributed by atoms with Crippen molar-refractivity contribution in [3.05, 3.63) is 83.4 Å². The summed E-state index contributed by atoms with van der Waals surface area (Å²) in [4.78, 5) is 114. The summed E-state index contributed by atoms with van der Waals surface area (Å²) in [5.74, 6) is -3.53. The van der Waals surface area contributed by atoms with Gasteiger partial charge >= 0.3 is 5.97 Å². The fourth-order valence-corrected chi connectivity index (χ4v) is 11.3. The van der Waals surface area contributed by atoms with Gasteiger partial charge in [0.25, 0.3) is 11.8 Å². The monoisotopic (exact) mass is 1080 g/mol. The van der Waals surface area contributed by atoms with Crippen molar-refractivity contribution >= 4 is 52.8 Å². The van der Waals surface area contributed by atoms with Crippen molar-refractivity contribution in [1.82, 2.24) is 25.0 Å². The average Bonchev–Trinajstić information content (AvgIpc) is 4.03. The van der Waals surface area contributed by atoms with E-state index in [0.717, 1.165) is 18.4 Å². The van der Waals surface area contributed by atoms with Crippen LogP contribution in [-0.2, 0) is 47.8 Å². The molecule has 10 atom stereocenters. The van der Waals surface area contributed by atoms with Crippen molar-refractivity contribution in [1.29, 1.82) is 0 Å². The highest BCUT2D eigenvalue weighted by atomic mass is 16.5. The van der Waals surface area contributed by atoms with E-state index < -0.39 is 54.1 Å². The first-order valence-electron chi connectivity index (χ1n) is 28.0. The van der Waals surface area contributed by atoms with E-state index in [4.69, 9.17) is 14.2 Å². The number of hydrogen-bond donors (Lipinski definition) is 1. The van der Waals surface area contributed by atoms with Crippen LogP contribution in [0.4, 0.5) is 0 Å². The predicted molar refractivity (Wildman–Crippen MR) is 301 cm³/mol. The molecular weight excluding hydrogens is 993 g/mol. The normalized spacial score (nSPS) is 18.4. The third-order valence-corrected chi connectivity index (χ3v) is 15.9. The topological polar surface area (TPSA) is 202 Å². The number of rotatable bonds is 32. The first-order chi connectivity index (χ1) is 37.0. The number of methoxy groups -OCH3 is 2. The van der Waals surface area contributed by atoms with Crippen LogP contribution >= 0.6 is 0 Å². The van der Waals surface area contributed by atoms with Gasteiger partial charge in [-0.2, -0.15) is 5.10 Å². The van der Waals surface area contributed by atoms with Crippen LogP contribution in [0.3, 0.4) is 0 Å². The second-order valence-corrected chi connectivity index (χ2v) is 22.4. The Balaban J connectivity index is 1.40. The summed E-state index contributed by atoms with van der Waals surface area (Å²) in [6.45, 7) is 18.3. The molecule has 0 aliphatic carbocycles. The van der Waals surface area contributed by atoms with Gasteiger partial charge in [-0.05, 0) is 87.7 Å². The Morgan fingerprint density at radius 2 is 1.38 bits per heavy atom. The molecule has 2 aliphatic rings. The number of carbonyl (C=O) groups excluding carboxylic acids is 8. The molecule has 17 nitrogen and oxygen atoms in total. The van der Waals surface area contributed by atoms with Crippen LogP contribution in [0.25, 0.3) is 0 Å². The summed E-state index contributed by atoms with van der Waals surface area (Å²) in [7, 11) is 8.67. The number of hydrogen-bond acceptors (Lipinski definition) is 13. The van der Waals surface area contributed by atoms with E-state index >= 15 is 0 Å². The molecular formula is C61H90N6O11. The van der Waals surface area contributed by atoms with Crippen molar-refractivity contribution in [2.24, 2.45) is 40.6 Å². The standard InChI is InChI=1S/C61H90N6O11/c1-15-40(6)57(65(12)60(74)47(38(2)3)36-50(69)56(39(4)5)64(10)11)51(76-13)37-55(73)66-34-22-25-48(66)59(77-14)42(8)49(68)35-41(7)58(45-23-18-16-19-24-45)78-61(75)46-29-27-44(28-30-46)43(9)62-63-52(70)26-20-17-21-33-67-53(71)31-32-54(67)72/h16,18-19,23-24,27-32,38-42,47-48,51,56-59H,15,17,20-22,25-26,33-37H2,1-14H3,(H,63,70)/t40-,41-,42-,47-,48-,51+,56-,57-,58+,59+/m0/s1. The molecule has 0 radical (unpaired) electrons. The van der Waals surface area contributed by atoms with Gasteiger partial charge in [0.15, 0.2) is 5.78 Å². The number of imide groups is 1. The second kappa shape index (κ2) is 31.0. The number of hydrazone groups is 1. The zero-order valence-corrected chi connectivity index (χ0v) is 49.0. The van der Waals surface area contributed by atoms with Crippen molar-refractivity contribution < 1.29 is 52.6 Å². The Morgan fingerprint density at radius 3 is 1.95 bits per heavy atom. The molecule has 1 saturated heterocycles. The lowest BCUT2D eigenvalue weighted by atomic mass is 9.83. The highest BCUT2D eigenvalue weighted by molar-refractivity contribution is 6.12. The molecule has 2 heterocycles. The molecule has 0 unspecified atom stereocenters. The zero-order chi connectivity index (χ0) is 58.0. The van der Waals surface area contributed by atoms with Gasteiger partial charge in [-0.15, -0.1) is 0 Å². The van der Waals surface area contributed by atoms with Gasteiger partial charge in [0.1, 0.15) is 11.9 Å². The maximum absolute atomic E-state index is 14.5. The molecule has 17 heteroatoms. The zero-order valence-electron chi connectivity index (χ0n) is 49.0. The van der Waals surface area contributed by atoms with Crippen LogP contribution in [0.15, 0.2) is 71.9 Å². The SMILES string of the molecule is CC[C@H](C)[C@@H]([C@@H](CC(=O)N1CCC[C@H]1[C@H](OC)[C@@H](C)C(=O)C[C@H](C)[C@@H](OC(=O)c1ccc(C(C)=NNC(=O)CCCCCN2C(=O)C=CC2=O)cc1)c1ccccc1)OC)N(C)C(=O)[C@@H](CC(=O)[C@H](C(C)C)N(C)C)C(C)C. The first-order valence-corrected chi connectivity index (χ1v) is 28.0. The van der Waals surface area contributed by atoms with Gasteiger partial charge in [0, 0.05) is 83.5 Å². The van der Waals surface area contributed by atoms with E-state index in [-0.39, 0.29) is 96.1 Å². The Hall–Kier alpha value is -5.91. The number of Topliss-reactive ketones (excluding diaryl/α,β-unsaturated/α-hetero) is 2. The Labute approximate surface area is 464 Å². The van der Waals surface area contributed by atoms with Crippen LogP contribution in [0.1, 0.15) is 154 Å². The summed E-state index contributed by atoms with van der Waals surface area (Å²) in [6.07, 6.45) is 4.77. The Kier molecular flexibility index (Phi) is 25.7. The fraction of sp³-hybridized carbons (Fsp3) is 0.623. The number of nitrogens with one attached hydrogen (secondary N) is 1. The number of nitrogens with zero attached hydrogens (tertiary/aromatic N) is 5. The minimum atomic E-state index is -0.776. The fourth-order valence-electron chi connectivity index (χ4n) is 11.3. The van der Waals surface area contributed by atoms with Crippen molar-refractivity contribution in [2.45, 2.75) is 163 Å². The molecule has 2 aromatic carbocycles. The molecule has 1 fully saturated rings. The minimum Gasteiger partial charge on any atom is -0.454 e. The van der Waals surface area contributed by atoms with Crippen LogP contribution in [0.2, 0.25) is 0 Å². The van der Waals surface area contributed by atoms with Gasteiger partial charge in [-0.25, -0.2) is 10.2 Å². The van der Waals surface area contributed by atoms with Crippen LogP contribution in [0, 0.1) is 35.5 Å². The maximum Gasteiger partial charge on any atom is 0.338 e. The lowest BCUT2D eigenvalue weighted by Crippen LogP contribution is -2.54. The summed E-state index contributed by atoms with van der Waals surface area (Å²) < 4.78 is 18.4. The van der Waals surface area contributed by atoms with Gasteiger partial charge in [-0.3, -0.25) is 43.4 Å². The van der Waals surface area contributed by atoms with E-state index in [1.807, 2.05) is 103 Å². The predicted octanol–water partition coefficient (Wildman–Crippen LogP) is 8.24. The molecule has 1 N–H and O–H groups in total. The maximum atomic E-state index is 14.5. The molecule has 0 bridgehead atoms. The van der Waals surface area contributed by atoms with Crippen LogP contribution in [0.5, 0.6) is 0 Å². The molecule has 4 rings (SSSR count). The largest absolute Gasteiger partial charge is 0.454 e. The van der Waals surface area contributed by atoms with E-state index in [0.29, 0.717) is 50.0 Å². The minimum absolute atomic E-state index is 0.00633. The highest BCUT2D eigenvalue weighted by Gasteiger charge is 2.44. The van der Waals surface area contributed by atoms with Crippen molar-refractivity contribution in [3.63, 3.8) is 0 Å². The molecule has 0 spiro atoms. The van der Waals surface area contributed by atoms with Gasteiger partial charge in [0.2, 0.25) is 17.7 Å². The number of ketones is 2. The smallest absolute Gasteiger partial charge is 0.338 e. The first kappa shape index (κ1) is 64.6. The number of benzene rings is 2. The van der Waals surface area contributed by atoms with Crippen LogP contribution in [-0.4, -0.2) is 151 Å². The summed E-state index contributed by atoms with van der Waals surface area (Å²) in [5.41, 5.74) is 4.79. The second-order valence-electron chi connectivity index (χ2n) is 22.4. The van der Waals surface area contributed by atoms with Gasteiger partial charge in [0.05, 0.1) is 48.0 Å². The molecule has 0 aromatic heterocycles. The average molecular weight is 1080 g/mol. The number of carbonyl (C=O) groups is 8. The Morgan fingerprint density at radius 1 is 0.756 bits per heavy atom. The van der Waals surface area contributed by atoms with Crippen LogP contribution < -0.4 is 5.43 Å². The number of unbranched alkanes of at least 4 members (excludes halogenated alkanes) is 2. The molecule has 430 valence electrons. The summed E-state index contributed by atoms with van der Waals surface area (Å²) >= 11 is 0. The molecule has 5 amide bonds. The molecule has 2 aliphatic heterocycles. The lowest BCUT2D eigenvalue weighted by Gasteiger charge is -2.41. The van der Waals surface area contributed by atoms with E-state index in [2.05, 4.69) is 17.5 Å². The summed E-state index contributed by atoms with van der Waals surface area (Å²) in [6, 6.07) is 14.8. The van der Waals surface area contributed by atoms with E-state index in [1.165, 1.54) is 17.1 Å². The number of esters is 1.